The monoisotopic (exact) mass is 230 g/mol. The van der Waals surface area contributed by atoms with E-state index in [4.69, 9.17) is 5.73 Å². The summed E-state index contributed by atoms with van der Waals surface area (Å²) in [5.41, 5.74) is 10.1. The van der Waals surface area contributed by atoms with Crippen LogP contribution in [0.3, 0.4) is 0 Å². The number of nitrogens with two attached hydrogens (primary N) is 1. The van der Waals surface area contributed by atoms with E-state index in [1.165, 1.54) is 23.1 Å². The lowest BCUT2D eigenvalue weighted by molar-refractivity contribution is 0.217. The molecule has 0 saturated heterocycles. The van der Waals surface area contributed by atoms with Gasteiger partial charge < -0.3 is 5.73 Å². The summed E-state index contributed by atoms with van der Waals surface area (Å²) in [5, 5.41) is 0. The quantitative estimate of drug-likeness (QED) is 0.809. The van der Waals surface area contributed by atoms with Crippen LogP contribution in [-0.2, 0) is 0 Å². The zero-order chi connectivity index (χ0) is 12.3. The van der Waals surface area contributed by atoms with Gasteiger partial charge in [-0.3, -0.25) is 4.90 Å². The Morgan fingerprint density at radius 1 is 1.35 bits per heavy atom. The number of aryl methyl sites for hydroxylation is 1. The van der Waals surface area contributed by atoms with Gasteiger partial charge in [-0.05, 0) is 25.8 Å². The second-order valence-electron chi connectivity index (χ2n) is 4.96. The Morgan fingerprint density at radius 2 is 2.18 bits per heavy atom. The van der Waals surface area contributed by atoms with Crippen molar-refractivity contribution in [1.29, 1.82) is 0 Å². The van der Waals surface area contributed by atoms with Crippen LogP contribution >= 0.6 is 0 Å². The predicted molar refractivity (Wildman–Crippen MR) is 72.9 cm³/mol. The van der Waals surface area contributed by atoms with Gasteiger partial charge in [0.25, 0.3) is 0 Å². The summed E-state index contributed by atoms with van der Waals surface area (Å²) in [5.74, 6) is 0. The predicted octanol–water partition coefficient (Wildman–Crippen LogP) is 2.65. The Morgan fingerprint density at radius 3 is 2.76 bits per heavy atom. The molecule has 92 valence electrons. The molecule has 0 fully saturated rings. The Bertz CT molecular complexity index is 409. The van der Waals surface area contributed by atoms with E-state index < -0.39 is 0 Å². The molecule has 1 aromatic carbocycles. The first kappa shape index (κ1) is 12.3. The third kappa shape index (κ3) is 2.96. The normalized spacial score (nSPS) is 18.9. The molecule has 0 radical (unpaired) electrons. The molecule has 0 saturated carbocycles. The van der Waals surface area contributed by atoms with Gasteiger partial charge in [0.15, 0.2) is 0 Å². The van der Waals surface area contributed by atoms with E-state index in [0.29, 0.717) is 12.6 Å². The van der Waals surface area contributed by atoms with E-state index in [-0.39, 0.29) is 0 Å². The third-order valence-electron chi connectivity index (χ3n) is 3.56. The first-order valence-electron chi connectivity index (χ1n) is 6.37. The van der Waals surface area contributed by atoms with Crippen LogP contribution in [-0.4, -0.2) is 24.5 Å². The number of hydrogen-bond acceptors (Lipinski definition) is 2. The second-order valence-corrected chi connectivity index (χ2v) is 4.96. The molecule has 0 aromatic heterocycles. The van der Waals surface area contributed by atoms with E-state index in [1.807, 2.05) is 0 Å². The SMILES string of the molecule is CC1=CCN(C(CN)c2cccc(C)c2)CC1. The van der Waals surface area contributed by atoms with E-state index in [9.17, 15) is 0 Å². The molecular formula is C15H22N2. The van der Waals surface area contributed by atoms with Gasteiger partial charge in [0.1, 0.15) is 0 Å². The first-order valence-corrected chi connectivity index (χ1v) is 6.37. The van der Waals surface area contributed by atoms with Gasteiger partial charge in [0, 0.05) is 25.7 Å². The average Bonchev–Trinajstić information content (AvgIpc) is 2.33. The minimum Gasteiger partial charge on any atom is -0.329 e. The van der Waals surface area contributed by atoms with Gasteiger partial charge in [-0.2, -0.15) is 0 Å². The molecule has 0 amide bonds. The molecule has 1 atom stereocenters. The highest BCUT2D eigenvalue weighted by atomic mass is 15.2. The molecule has 2 rings (SSSR count). The number of hydrogen-bond donors (Lipinski definition) is 1. The standard InChI is InChI=1S/C15H22N2/c1-12-6-8-17(9-7-12)15(11-16)14-5-3-4-13(2)10-14/h3-6,10,15H,7-9,11,16H2,1-2H3. The van der Waals surface area contributed by atoms with Crippen molar-refractivity contribution in [2.24, 2.45) is 5.73 Å². The summed E-state index contributed by atoms with van der Waals surface area (Å²) in [6.07, 6.45) is 3.49. The molecule has 1 unspecified atom stereocenters. The van der Waals surface area contributed by atoms with E-state index in [0.717, 1.165) is 13.1 Å². The minimum absolute atomic E-state index is 0.360. The fourth-order valence-corrected chi connectivity index (χ4v) is 2.44. The molecule has 1 aliphatic heterocycles. The minimum atomic E-state index is 0.360. The van der Waals surface area contributed by atoms with Crippen molar-refractivity contribution in [3.63, 3.8) is 0 Å². The van der Waals surface area contributed by atoms with Crippen molar-refractivity contribution < 1.29 is 0 Å². The van der Waals surface area contributed by atoms with Gasteiger partial charge in [-0.15, -0.1) is 0 Å². The van der Waals surface area contributed by atoms with Crippen LogP contribution in [0.1, 0.15) is 30.5 Å². The fourth-order valence-electron chi connectivity index (χ4n) is 2.44. The summed E-state index contributed by atoms with van der Waals surface area (Å²) < 4.78 is 0. The van der Waals surface area contributed by atoms with Crippen LogP contribution < -0.4 is 5.73 Å². The molecule has 2 nitrogen and oxygen atoms in total. The molecule has 2 N–H and O–H groups in total. The topological polar surface area (TPSA) is 29.3 Å². The van der Waals surface area contributed by atoms with Crippen molar-refractivity contribution in [2.75, 3.05) is 19.6 Å². The molecule has 0 spiro atoms. The van der Waals surface area contributed by atoms with Crippen LogP contribution in [0, 0.1) is 6.92 Å². The van der Waals surface area contributed by atoms with Crippen LogP contribution in [0.2, 0.25) is 0 Å². The lowest BCUT2D eigenvalue weighted by Gasteiger charge is -2.33. The lowest BCUT2D eigenvalue weighted by atomic mass is 10.0. The number of rotatable bonds is 3. The molecule has 1 aliphatic rings. The van der Waals surface area contributed by atoms with Crippen LogP contribution in [0.25, 0.3) is 0 Å². The van der Waals surface area contributed by atoms with Crippen molar-refractivity contribution in [3.05, 3.63) is 47.0 Å². The third-order valence-corrected chi connectivity index (χ3v) is 3.56. The summed E-state index contributed by atoms with van der Waals surface area (Å²) in [6.45, 7) is 7.19. The van der Waals surface area contributed by atoms with E-state index >= 15 is 0 Å². The maximum atomic E-state index is 5.96. The average molecular weight is 230 g/mol. The Hall–Kier alpha value is -1.12. The first-order chi connectivity index (χ1) is 8.20. The van der Waals surface area contributed by atoms with Crippen LogP contribution in [0.15, 0.2) is 35.9 Å². The molecule has 17 heavy (non-hydrogen) atoms. The number of nitrogens with zero attached hydrogens (tertiary/aromatic N) is 1. The molecule has 2 heteroatoms. The molecule has 1 heterocycles. The maximum absolute atomic E-state index is 5.96. The van der Waals surface area contributed by atoms with Crippen LogP contribution in [0.4, 0.5) is 0 Å². The summed E-state index contributed by atoms with van der Waals surface area (Å²) in [4.78, 5) is 2.47. The summed E-state index contributed by atoms with van der Waals surface area (Å²) in [6, 6.07) is 9.06. The molecule has 1 aromatic rings. The fraction of sp³-hybridized carbons (Fsp3) is 0.467. The van der Waals surface area contributed by atoms with Gasteiger partial charge >= 0.3 is 0 Å². The van der Waals surface area contributed by atoms with Crippen molar-refractivity contribution in [2.45, 2.75) is 26.3 Å². The number of benzene rings is 1. The highest BCUT2D eigenvalue weighted by Crippen LogP contribution is 2.23. The summed E-state index contributed by atoms with van der Waals surface area (Å²) in [7, 11) is 0. The van der Waals surface area contributed by atoms with Gasteiger partial charge in [0.2, 0.25) is 0 Å². The smallest absolute Gasteiger partial charge is 0.0473 e. The maximum Gasteiger partial charge on any atom is 0.0473 e. The van der Waals surface area contributed by atoms with E-state index in [2.05, 4.69) is 49.1 Å². The zero-order valence-corrected chi connectivity index (χ0v) is 10.8. The van der Waals surface area contributed by atoms with Gasteiger partial charge in [-0.25, -0.2) is 0 Å². The molecule has 0 bridgehead atoms. The van der Waals surface area contributed by atoms with Crippen molar-refractivity contribution in [1.82, 2.24) is 4.90 Å². The second kappa shape index (κ2) is 5.48. The van der Waals surface area contributed by atoms with Crippen molar-refractivity contribution >= 4 is 0 Å². The summed E-state index contributed by atoms with van der Waals surface area (Å²) >= 11 is 0. The Balaban J connectivity index is 2.16. The highest BCUT2D eigenvalue weighted by Gasteiger charge is 2.20. The largest absolute Gasteiger partial charge is 0.329 e. The highest BCUT2D eigenvalue weighted by molar-refractivity contribution is 5.26. The molecule has 0 aliphatic carbocycles. The van der Waals surface area contributed by atoms with Crippen molar-refractivity contribution in [3.8, 4) is 0 Å². The van der Waals surface area contributed by atoms with Crippen LogP contribution in [0.5, 0.6) is 0 Å². The zero-order valence-electron chi connectivity index (χ0n) is 10.8. The lowest BCUT2D eigenvalue weighted by Crippen LogP contribution is -2.36. The molecular weight excluding hydrogens is 208 g/mol. The van der Waals surface area contributed by atoms with E-state index in [1.54, 1.807) is 0 Å². The Kier molecular flexibility index (Phi) is 3.97. The Labute approximate surface area is 104 Å². The van der Waals surface area contributed by atoms with Gasteiger partial charge in [0.05, 0.1) is 0 Å². The van der Waals surface area contributed by atoms with Gasteiger partial charge in [-0.1, -0.05) is 41.5 Å².